The zero-order valence-electron chi connectivity index (χ0n) is 7.39. The van der Waals surface area contributed by atoms with E-state index < -0.39 is 5.79 Å². The highest BCUT2D eigenvalue weighted by molar-refractivity contribution is 5.69. The van der Waals surface area contributed by atoms with E-state index in [0.717, 1.165) is 6.42 Å². The van der Waals surface area contributed by atoms with Gasteiger partial charge in [0.1, 0.15) is 0 Å². The van der Waals surface area contributed by atoms with Crippen LogP contribution in [0.3, 0.4) is 0 Å². The Morgan fingerprint density at radius 1 is 1.55 bits per heavy atom. The second kappa shape index (κ2) is 4.34. The van der Waals surface area contributed by atoms with Gasteiger partial charge in [0.25, 0.3) is 0 Å². The molecule has 0 aliphatic carbocycles. The molecule has 0 bridgehead atoms. The van der Waals surface area contributed by atoms with Crippen LogP contribution in [0.4, 0.5) is 0 Å². The van der Waals surface area contributed by atoms with Gasteiger partial charge in [-0.05, 0) is 6.42 Å². The topological polar surface area (TPSA) is 46.5 Å². The van der Waals surface area contributed by atoms with E-state index in [1.165, 1.54) is 6.92 Å². The molecule has 3 heteroatoms. The molecule has 0 saturated heterocycles. The maximum absolute atomic E-state index is 10.7. The normalized spacial score (nSPS) is 15.6. The van der Waals surface area contributed by atoms with E-state index in [2.05, 4.69) is 0 Å². The predicted octanol–water partition coefficient (Wildman–Crippen LogP) is 1.45. The minimum Gasteiger partial charge on any atom is -0.434 e. The third-order valence-corrected chi connectivity index (χ3v) is 1.34. The second-order valence-corrected chi connectivity index (χ2v) is 2.75. The Bertz CT molecular complexity index is 129. The lowest BCUT2D eigenvalue weighted by Crippen LogP contribution is -2.30. The Morgan fingerprint density at radius 3 is 2.45 bits per heavy atom. The average Bonchev–Trinajstić information content (AvgIpc) is 1.86. The van der Waals surface area contributed by atoms with Gasteiger partial charge < -0.3 is 9.84 Å². The average molecular weight is 160 g/mol. The first-order valence-electron chi connectivity index (χ1n) is 3.96. The van der Waals surface area contributed by atoms with Crippen LogP contribution < -0.4 is 0 Å². The molecule has 1 atom stereocenters. The summed E-state index contributed by atoms with van der Waals surface area (Å²) in [6.45, 7) is 5.13. The largest absolute Gasteiger partial charge is 0.434 e. The highest BCUT2D eigenvalue weighted by Crippen LogP contribution is 2.13. The fourth-order valence-electron chi connectivity index (χ4n) is 0.832. The molecule has 0 saturated carbocycles. The number of hydrogen-bond donors (Lipinski definition) is 1. The van der Waals surface area contributed by atoms with E-state index >= 15 is 0 Å². The summed E-state index contributed by atoms with van der Waals surface area (Å²) in [5, 5.41) is 9.37. The number of esters is 1. The zero-order valence-corrected chi connectivity index (χ0v) is 7.39. The van der Waals surface area contributed by atoms with E-state index in [1.54, 1.807) is 6.92 Å². The first kappa shape index (κ1) is 10.4. The third-order valence-electron chi connectivity index (χ3n) is 1.34. The van der Waals surface area contributed by atoms with Gasteiger partial charge in [0, 0.05) is 19.8 Å². The van der Waals surface area contributed by atoms with Crippen LogP contribution in [-0.2, 0) is 9.53 Å². The molecule has 0 spiro atoms. The van der Waals surface area contributed by atoms with Crippen molar-refractivity contribution in [2.75, 3.05) is 0 Å². The molecule has 3 nitrogen and oxygen atoms in total. The van der Waals surface area contributed by atoms with Crippen LogP contribution in [0.15, 0.2) is 0 Å². The van der Waals surface area contributed by atoms with Crippen molar-refractivity contribution < 1.29 is 14.6 Å². The summed E-state index contributed by atoms with van der Waals surface area (Å²) in [6.07, 6.45) is 1.59. The summed E-state index contributed by atoms with van der Waals surface area (Å²) < 4.78 is 4.74. The van der Waals surface area contributed by atoms with Crippen molar-refractivity contribution in [3.8, 4) is 0 Å². The summed E-state index contributed by atoms with van der Waals surface area (Å²) in [4.78, 5) is 10.7. The summed E-state index contributed by atoms with van der Waals surface area (Å²) >= 11 is 0. The van der Waals surface area contributed by atoms with Crippen LogP contribution in [0.25, 0.3) is 0 Å². The molecule has 11 heavy (non-hydrogen) atoms. The molecule has 0 aliphatic heterocycles. The van der Waals surface area contributed by atoms with Crippen molar-refractivity contribution in [2.45, 2.75) is 45.8 Å². The summed E-state index contributed by atoms with van der Waals surface area (Å²) in [5.74, 6) is -1.63. The van der Waals surface area contributed by atoms with E-state index in [4.69, 9.17) is 4.74 Å². The first-order chi connectivity index (χ1) is 5.02. The van der Waals surface area contributed by atoms with Crippen molar-refractivity contribution >= 4 is 5.97 Å². The fraction of sp³-hybridized carbons (Fsp3) is 0.875. The molecule has 1 unspecified atom stereocenters. The fourth-order valence-corrected chi connectivity index (χ4v) is 0.832. The third kappa shape index (κ3) is 4.79. The minimum absolute atomic E-state index is 0.305. The predicted molar refractivity (Wildman–Crippen MR) is 41.9 cm³/mol. The smallest absolute Gasteiger partial charge is 0.307 e. The lowest BCUT2D eigenvalue weighted by Gasteiger charge is -2.22. The standard InChI is InChI=1S/C8H16O3/c1-4-6-8(3,10)11-7(9)5-2/h10H,4-6H2,1-3H3. The molecular formula is C8H16O3. The van der Waals surface area contributed by atoms with Crippen LogP contribution in [0, 0.1) is 0 Å². The van der Waals surface area contributed by atoms with Crippen molar-refractivity contribution in [3.63, 3.8) is 0 Å². The summed E-state index contributed by atoms with van der Waals surface area (Å²) in [6, 6.07) is 0. The Kier molecular flexibility index (Phi) is 4.11. The number of hydrogen-bond acceptors (Lipinski definition) is 3. The van der Waals surface area contributed by atoms with Crippen LogP contribution in [0.1, 0.15) is 40.0 Å². The van der Waals surface area contributed by atoms with Gasteiger partial charge in [-0.25, -0.2) is 0 Å². The molecule has 0 aromatic rings. The SMILES string of the molecule is CCCC(C)(O)OC(=O)CC. The van der Waals surface area contributed by atoms with Gasteiger partial charge in [0.15, 0.2) is 0 Å². The van der Waals surface area contributed by atoms with Gasteiger partial charge in [-0.2, -0.15) is 0 Å². The van der Waals surface area contributed by atoms with Crippen molar-refractivity contribution in [3.05, 3.63) is 0 Å². The number of aliphatic hydroxyl groups is 1. The van der Waals surface area contributed by atoms with Crippen LogP contribution in [0.5, 0.6) is 0 Å². The number of carbonyl (C=O) groups is 1. The van der Waals surface area contributed by atoms with Gasteiger partial charge in [0.2, 0.25) is 5.79 Å². The minimum atomic E-state index is -1.28. The monoisotopic (exact) mass is 160 g/mol. The van der Waals surface area contributed by atoms with Gasteiger partial charge >= 0.3 is 5.97 Å². The Hall–Kier alpha value is -0.570. The Labute approximate surface area is 67.4 Å². The van der Waals surface area contributed by atoms with Gasteiger partial charge in [-0.3, -0.25) is 4.79 Å². The Balaban J connectivity index is 3.80. The summed E-state index contributed by atoms with van der Waals surface area (Å²) in [7, 11) is 0. The molecule has 0 radical (unpaired) electrons. The quantitative estimate of drug-likeness (QED) is 0.500. The number of carbonyl (C=O) groups excluding carboxylic acids is 1. The van der Waals surface area contributed by atoms with Gasteiger partial charge in [-0.1, -0.05) is 13.8 Å². The van der Waals surface area contributed by atoms with Gasteiger partial charge in [-0.15, -0.1) is 0 Å². The molecular weight excluding hydrogens is 144 g/mol. The van der Waals surface area contributed by atoms with Crippen LogP contribution in [0.2, 0.25) is 0 Å². The molecule has 0 aromatic carbocycles. The van der Waals surface area contributed by atoms with E-state index in [-0.39, 0.29) is 5.97 Å². The maximum Gasteiger partial charge on any atom is 0.307 e. The van der Waals surface area contributed by atoms with E-state index in [0.29, 0.717) is 12.8 Å². The molecule has 0 rings (SSSR count). The molecule has 66 valence electrons. The maximum atomic E-state index is 10.7. The molecule has 0 aromatic heterocycles. The summed E-state index contributed by atoms with van der Waals surface area (Å²) in [5.41, 5.74) is 0. The van der Waals surface area contributed by atoms with Crippen LogP contribution >= 0.6 is 0 Å². The lowest BCUT2D eigenvalue weighted by molar-refractivity contribution is -0.203. The second-order valence-electron chi connectivity index (χ2n) is 2.75. The zero-order chi connectivity index (χ0) is 8.91. The number of rotatable bonds is 4. The lowest BCUT2D eigenvalue weighted by atomic mass is 10.2. The van der Waals surface area contributed by atoms with E-state index in [9.17, 15) is 9.90 Å². The van der Waals surface area contributed by atoms with Crippen molar-refractivity contribution in [2.24, 2.45) is 0 Å². The number of ether oxygens (including phenoxy) is 1. The molecule has 0 amide bonds. The van der Waals surface area contributed by atoms with E-state index in [1.807, 2.05) is 6.92 Å². The Morgan fingerprint density at radius 2 is 2.09 bits per heavy atom. The molecule has 0 aliphatic rings. The van der Waals surface area contributed by atoms with Crippen LogP contribution in [-0.4, -0.2) is 16.9 Å². The van der Waals surface area contributed by atoms with Gasteiger partial charge in [0.05, 0.1) is 0 Å². The van der Waals surface area contributed by atoms with Crippen molar-refractivity contribution in [1.82, 2.24) is 0 Å². The highest BCUT2D eigenvalue weighted by atomic mass is 16.7. The molecule has 0 fully saturated rings. The highest BCUT2D eigenvalue weighted by Gasteiger charge is 2.22. The van der Waals surface area contributed by atoms with Crippen molar-refractivity contribution in [1.29, 1.82) is 0 Å². The molecule has 0 heterocycles. The first-order valence-corrected chi connectivity index (χ1v) is 3.96. The molecule has 1 N–H and O–H groups in total.